The molecule has 3 heterocycles. The normalized spacial score (nSPS) is 20.6. The van der Waals surface area contributed by atoms with E-state index in [-0.39, 0.29) is 13.0 Å². The summed E-state index contributed by atoms with van der Waals surface area (Å²) in [5, 5.41) is 13.7. The van der Waals surface area contributed by atoms with Crippen LogP contribution >= 0.6 is 0 Å². The second-order valence-electron chi connectivity index (χ2n) is 12.1. The van der Waals surface area contributed by atoms with Gasteiger partial charge in [-0.25, -0.2) is 19.0 Å². The number of aryl methyl sites for hydroxylation is 1. The third kappa shape index (κ3) is 5.89. The molecule has 2 aliphatic heterocycles. The number of likely N-dealkylation sites (tertiary alicyclic amines) is 1. The summed E-state index contributed by atoms with van der Waals surface area (Å²) in [6.07, 6.45) is 1.26. The molecule has 0 radical (unpaired) electrons. The number of hydrogen-bond acceptors (Lipinski definition) is 6. The Morgan fingerprint density at radius 1 is 1.21 bits per heavy atom. The van der Waals surface area contributed by atoms with E-state index >= 15 is 0 Å². The number of carbonyl (C=O) groups excluding carboxylic acids is 2. The van der Waals surface area contributed by atoms with E-state index in [0.717, 1.165) is 16.5 Å². The number of hydrogen-bond donors (Lipinski definition) is 2. The lowest BCUT2D eigenvalue weighted by Crippen LogP contribution is -2.53. The molecule has 2 N–H and O–H groups in total. The number of benzene rings is 2. The summed E-state index contributed by atoms with van der Waals surface area (Å²) in [6, 6.07) is 11.7. The SMILES string of the molecule is CCC[C@H](NC(=O)OC(C)(C)C)C(=O)N1C[C@@]2(CCc3c(c(-c4cccc(F)c4)nc4ccccc34)O2)C[C@H]1C(=O)O. The highest BCUT2D eigenvalue weighted by Gasteiger charge is 2.53. The molecule has 0 bridgehead atoms. The minimum absolute atomic E-state index is 0.0217. The second kappa shape index (κ2) is 11.2. The number of ether oxygens (including phenoxy) is 2. The van der Waals surface area contributed by atoms with Gasteiger partial charge in [0.15, 0.2) is 0 Å². The first-order valence-electron chi connectivity index (χ1n) is 14.3. The molecule has 2 aliphatic rings. The molecule has 1 aromatic heterocycles. The standard InChI is InChI=1S/C32H36FN3O6/c1-5-9-24(35-30(40)42-31(2,3)4)28(37)36-18-32(17-25(36)29(38)39)15-14-22-21-12-6-7-13-23(21)34-26(27(22)41-32)19-10-8-11-20(33)16-19/h6-8,10-13,16,24-25H,5,9,14-15,17-18H2,1-4H3,(H,35,40)(H,38,39)/t24-,25-,32+/m0/s1. The van der Waals surface area contributed by atoms with Gasteiger partial charge in [0.25, 0.3) is 0 Å². The Hall–Kier alpha value is -4.21. The molecule has 9 nitrogen and oxygen atoms in total. The van der Waals surface area contributed by atoms with Crippen LogP contribution in [0.4, 0.5) is 9.18 Å². The number of aromatic nitrogens is 1. The van der Waals surface area contributed by atoms with Gasteiger partial charge in [-0.05, 0) is 58.2 Å². The van der Waals surface area contributed by atoms with Crippen LogP contribution in [0.15, 0.2) is 48.5 Å². The predicted octanol–water partition coefficient (Wildman–Crippen LogP) is 5.48. The topological polar surface area (TPSA) is 118 Å². The molecule has 2 aromatic carbocycles. The Bertz CT molecular complexity index is 1540. The van der Waals surface area contributed by atoms with Gasteiger partial charge in [0, 0.05) is 22.9 Å². The molecule has 0 aliphatic carbocycles. The zero-order valence-corrected chi connectivity index (χ0v) is 24.3. The van der Waals surface area contributed by atoms with Crippen LogP contribution in [0.25, 0.3) is 22.2 Å². The minimum atomic E-state index is -1.15. The highest BCUT2D eigenvalue weighted by molar-refractivity contribution is 5.91. The van der Waals surface area contributed by atoms with Crippen LogP contribution in [-0.4, -0.2) is 62.8 Å². The van der Waals surface area contributed by atoms with Gasteiger partial charge in [0.05, 0.1) is 12.1 Å². The molecule has 42 heavy (non-hydrogen) atoms. The third-order valence-corrected chi connectivity index (χ3v) is 7.73. The quantitative estimate of drug-likeness (QED) is 0.398. The van der Waals surface area contributed by atoms with Gasteiger partial charge < -0.3 is 24.8 Å². The van der Waals surface area contributed by atoms with Crippen LogP contribution in [0.1, 0.15) is 58.9 Å². The number of fused-ring (bicyclic) bond motifs is 3. The summed E-state index contributed by atoms with van der Waals surface area (Å²) < 4.78 is 26.3. The summed E-state index contributed by atoms with van der Waals surface area (Å²) in [4.78, 5) is 44.9. The molecular formula is C32H36FN3O6. The van der Waals surface area contributed by atoms with Crippen molar-refractivity contribution in [1.82, 2.24) is 15.2 Å². The average molecular weight is 578 g/mol. The molecule has 3 atom stereocenters. The summed E-state index contributed by atoms with van der Waals surface area (Å²) in [5.74, 6) is -1.58. The van der Waals surface area contributed by atoms with E-state index in [2.05, 4.69) is 5.32 Å². The molecule has 1 spiro atoms. The smallest absolute Gasteiger partial charge is 0.408 e. The molecule has 10 heteroatoms. The first kappa shape index (κ1) is 29.3. The van der Waals surface area contributed by atoms with Crippen LogP contribution < -0.4 is 10.1 Å². The Labute approximate surface area is 244 Å². The maximum absolute atomic E-state index is 14.3. The molecule has 5 rings (SSSR count). The average Bonchev–Trinajstić information content (AvgIpc) is 3.30. The van der Waals surface area contributed by atoms with Crippen molar-refractivity contribution in [2.45, 2.75) is 83.1 Å². The summed E-state index contributed by atoms with van der Waals surface area (Å²) in [7, 11) is 0. The number of amides is 2. The Morgan fingerprint density at radius 3 is 2.67 bits per heavy atom. The molecule has 1 saturated heterocycles. The summed E-state index contributed by atoms with van der Waals surface area (Å²) in [6.45, 7) is 7.07. The van der Waals surface area contributed by atoms with Crippen molar-refractivity contribution in [3.63, 3.8) is 0 Å². The first-order chi connectivity index (χ1) is 19.9. The zero-order valence-electron chi connectivity index (χ0n) is 24.3. The highest BCUT2D eigenvalue weighted by Crippen LogP contribution is 2.47. The van der Waals surface area contributed by atoms with Gasteiger partial charge in [-0.2, -0.15) is 0 Å². The Kier molecular flexibility index (Phi) is 7.83. The number of aliphatic carboxylic acids is 1. The monoisotopic (exact) mass is 577 g/mol. The minimum Gasteiger partial charge on any atom is -0.483 e. The van der Waals surface area contributed by atoms with E-state index in [1.165, 1.54) is 17.0 Å². The maximum atomic E-state index is 14.3. The highest BCUT2D eigenvalue weighted by atomic mass is 19.1. The number of pyridine rings is 1. The fourth-order valence-corrected chi connectivity index (χ4v) is 5.92. The maximum Gasteiger partial charge on any atom is 0.408 e. The van der Waals surface area contributed by atoms with Gasteiger partial charge in [-0.15, -0.1) is 0 Å². The molecule has 0 unspecified atom stereocenters. The van der Waals surface area contributed by atoms with Gasteiger partial charge in [0.1, 0.15) is 40.5 Å². The molecule has 222 valence electrons. The molecule has 2 amide bonds. The summed E-state index contributed by atoms with van der Waals surface area (Å²) in [5.41, 5.74) is 0.913. The van der Waals surface area contributed by atoms with Crippen molar-refractivity contribution >= 4 is 28.9 Å². The Morgan fingerprint density at radius 2 is 1.98 bits per heavy atom. The lowest BCUT2D eigenvalue weighted by Gasteiger charge is -2.37. The van der Waals surface area contributed by atoms with E-state index in [0.29, 0.717) is 42.7 Å². The fraction of sp³-hybridized carbons (Fsp3) is 0.438. The number of halogens is 1. The fourth-order valence-electron chi connectivity index (χ4n) is 5.92. The van der Waals surface area contributed by atoms with Crippen LogP contribution in [0.3, 0.4) is 0 Å². The van der Waals surface area contributed by atoms with Gasteiger partial charge in [-0.1, -0.05) is 43.7 Å². The largest absolute Gasteiger partial charge is 0.483 e. The number of nitrogens with zero attached hydrogens (tertiary/aromatic N) is 2. The molecule has 3 aromatic rings. The van der Waals surface area contributed by atoms with Gasteiger partial charge in [0.2, 0.25) is 5.91 Å². The summed E-state index contributed by atoms with van der Waals surface area (Å²) >= 11 is 0. The molecule has 0 saturated carbocycles. The van der Waals surface area contributed by atoms with E-state index in [1.54, 1.807) is 32.9 Å². The number of carbonyl (C=O) groups is 3. The number of carboxylic acids is 1. The van der Waals surface area contributed by atoms with Crippen LogP contribution in [0.5, 0.6) is 5.75 Å². The van der Waals surface area contributed by atoms with Gasteiger partial charge >= 0.3 is 12.1 Å². The van der Waals surface area contributed by atoms with Crippen molar-refractivity contribution in [1.29, 1.82) is 0 Å². The number of alkyl carbamates (subject to hydrolysis) is 1. The lowest BCUT2D eigenvalue weighted by atomic mass is 9.86. The van der Waals surface area contributed by atoms with E-state index < -0.39 is 47.1 Å². The number of nitrogens with one attached hydrogen (secondary N) is 1. The van der Waals surface area contributed by atoms with E-state index in [1.807, 2.05) is 31.2 Å². The van der Waals surface area contributed by atoms with Crippen molar-refractivity contribution in [3.8, 4) is 17.0 Å². The molecule has 1 fully saturated rings. The van der Waals surface area contributed by atoms with Crippen molar-refractivity contribution in [3.05, 3.63) is 59.9 Å². The van der Waals surface area contributed by atoms with E-state index in [9.17, 15) is 23.9 Å². The number of carboxylic acid groups (broad SMARTS) is 1. The van der Waals surface area contributed by atoms with Gasteiger partial charge in [-0.3, -0.25) is 4.79 Å². The zero-order chi connectivity index (χ0) is 30.2. The van der Waals surface area contributed by atoms with Crippen molar-refractivity contribution in [2.24, 2.45) is 0 Å². The van der Waals surface area contributed by atoms with E-state index in [4.69, 9.17) is 14.5 Å². The Balaban J connectivity index is 1.50. The second-order valence-corrected chi connectivity index (χ2v) is 12.1. The predicted molar refractivity (Wildman–Crippen MR) is 155 cm³/mol. The van der Waals surface area contributed by atoms with Crippen LogP contribution in [0, 0.1) is 5.82 Å². The van der Waals surface area contributed by atoms with Crippen molar-refractivity contribution in [2.75, 3.05) is 6.54 Å². The third-order valence-electron chi connectivity index (χ3n) is 7.73. The number of rotatable bonds is 6. The first-order valence-corrected chi connectivity index (χ1v) is 14.3. The molecular weight excluding hydrogens is 541 g/mol. The lowest BCUT2D eigenvalue weighted by molar-refractivity contribution is -0.149. The van der Waals surface area contributed by atoms with Crippen LogP contribution in [-0.2, 0) is 20.7 Å². The van der Waals surface area contributed by atoms with Crippen molar-refractivity contribution < 1.29 is 33.4 Å². The number of para-hydroxylation sites is 1. The van der Waals surface area contributed by atoms with Crippen LogP contribution in [0.2, 0.25) is 0 Å².